The molecule has 2 aromatic rings. The van der Waals surface area contributed by atoms with Gasteiger partial charge in [0, 0.05) is 30.8 Å². The molecule has 25 heavy (non-hydrogen) atoms. The van der Waals surface area contributed by atoms with Gasteiger partial charge in [-0.3, -0.25) is 4.79 Å². The second kappa shape index (κ2) is 6.55. The van der Waals surface area contributed by atoms with Gasteiger partial charge in [-0.15, -0.1) is 0 Å². The highest BCUT2D eigenvalue weighted by atomic mass is 35.5. The Morgan fingerprint density at radius 3 is 2.24 bits per heavy atom. The van der Waals surface area contributed by atoms with Crippen LogP contribution >= 0.6 is 23.2 Å². The Kier molecular flexibility index (Phi) is 5.14. The molecule has 9 heteroatoms. The van der Waals surface area contributed by atoms with E-state index in [2.05, 4.69) is 0 Å². The van der Waals surface area contributed by atoms with Crippen LogP contribution in [0.1, 0.15) is 24.0 Å². The Morgan fingerprint density at radius 1 is 1.12 bits per heavy atom. The first kappa shape index (κ1) is 19.6. The summed E-state index contributed by atoms with van der Waals surface area (Å²) in [6.07, 6.45) is -4.15. The van der Waals surface area contributed by atoms with Gasteiger partial charge in [0.05, 0.1) is 5.02 Å². The summed E-state index contributed by atoms with van der Waals surface area (Å²) >= 11 is 11.8. The summed E-state index contributed by atoms with van der Waals surface area (Å²) in [6, 6.07) is 4.11. The van der Waals surface area contributed by atoms with E-state index in [1.165, 1.54) is 7.05 Å². The Bertz CT molecular complexity index is 867. The second-order valence-corrected chi connectivity index (χ2v) is 6.41. The Labute approximate surface area is 151 Å². The number of pyridine rings is 1. The highest BCUT2D eigenvalue weighted by molar-refractivity contribution is 6.43. The third-order valence-electron chi connectivity index (χ3n) is 4.14. The molecule has 136 valence electrons. The lowest BCUT2D eigenvalue weighted by Gasteiger charge is -2.37. The van der Waals surface area contributed by atoms with Gasteiger partial charge in [-0.25, -0.2) is 0 Å². The molecule has 0 saturated carbocycles. The van der Waals surface area contributed by atoms with E-state index in [-0.39, 0.29) is 21.4 Å². The number of alkyl halides is 3. The summed E-state index contributed by atoms with van der Waals surface area (Å²) < 4.78 is 42.4. The van der Waals surface area contributed by atoms with E-state index in [9.17, 15) is 28.2 Å². The van der Waals surface area contributed by atoms with Gasteiger partial charge in [0.15, 0.2) is 5.60 Å². The molecule has 0 fully saturated rings. The van der Waals surface area contributed by atoms with Gasteiger partial charge in [0.2, 0.25) is 5.56 Å². The van der Waals surface area contributed by atoms with Crippen LogP contribution in [0.25, 0.3) is 0 Å². The Hall–Kier alpha value is -1.70. The van der Waals surface area contributed by atoms with Crippen molar-refractivity contribution in [3.05, 3.63) is 62.0 Å². The summed E-state index contributed by atoms with van der Waals surface area (Å²) in [5, 5.41) is 19.6. The summed E-state index contributed by atoms with van der Waals surface area (Å²) in [4.78, 5) is 11.5. The molecular weight excluding hydrogens is 382 g/mol. The molecule has 0 bridgehead atoms. The number of aromatic hydroxyl groups is 1. The zero-order chi connectivity index (χ0) is 19.2. The SMILES string of the molecule is CC(c1ccc(O)c(Cl)c1Cl)C(O)(c1ccc(=O)n(C)c1)C(F)(F)F. The van der Waals surface area contributed by atoms with Crippen LogP contribution in [-0.2, 0) is 12.6 Å². The third-order valence-corrected chi connectivity index (χ3v) is 5.03. The first-order valence-corrected chi connectivity index (χ1v) is 7.80. The van der Waals surface area contributed by atoms with Crippen LogP contribution < -0.4 is 5.56 Å². The maximum Gasteiger partial charge on any atom is 0.422 e. The molecule has 1 aromatic carbocycles. The normalized spacial score (nSPS) is 15.7. The van der Waals surface area contributed by atoms with E-state index in [1.54, 1.807) is 0 Å². The molecule has 2 unspecified atom stereocenters. The molecular formula is C16H14Cl2F3NO3. The molecule has 2 atom stereocenters. The lowest BCUT2D eigenvalue weighted by Crippen LogP contribution is -2.47. The van der Waals surface area contributed by atoms with Crippen molar-refractivity contribution in [2.75, 3.05) is 0 Å². The molecule has 0 radical (unpaired) electrons. The van der Waals surface area contributed by atoms with Crippen LogP contribution in [0.3, 0.4) is 0 Å². The van der Waals surface area contributed by atoms with Crippen LogP contribution in [0.5, 0.6) is 5.75 Å². The largest absolute Gasteiger partial charge is 0.506 e. The molecule has 1 aromatic heterocycles. The fourth-order valence-electron chi connectivity index (χ4n) is 2.59. The van der Waals surface area contributed by atoms with Crippen molar-refractivity contribution in [1.82, 2.24) is 4.57 Å². The highest BCUT2D eigenvalue weighted by Crippen LogP contribution is 2.50. The van der Waals surface area contributed by atoms with Gasteiger partial charge < -0.3 is 14.8 Å². The number of hydrogen-bond acceptors (Lipinski definition) is 3. The number of hydrogen-bond donors (Lipinski definition) is 2. The van der Waals surface area contributed by atoms with Gasteiger partial charge in [-0.1, -0.05) is 36.2 Å². The Morgan fingerprint density at radius 2 is 1.72 bits per heavy atom. The minimum Gasteiger partial charge on any atom is -0.506 e. The molecule has 4 nitrogen and oxygen atoms in total. The average Bonchev–Trinajstić information content (AvgIpc) is 2.53. The standard InChI is InChI=1S/C16H14Cl2F3NO3/c1-8(10-4-5-11(23)14(18)13(10)17)15(25,16(19,20)21)9-3-6-12(24)22(2)7-9/h3-8,23,25H,1-2H3. The molecule has 0 amide bonds. The van der Waals surface area contributed by atoms with Gasteiger partial charge >= 0.3 is 6.18 Å². The molecule has 2 rings (SSSR count). The zero-order valence-electron chi connectivity index (χ0n) is 13.1. The maximum absolute atomic E-state index is 13.8. The number of aliphatic hydroxyl groups is 1. The molecule has 0 spiro atoms. The predicted octanol–water partition coefficient (Wildman–Crippen LogP) is 3.95. The highest BCUT2D eigenvalue weighted by Gasteiger charge is 2.59. The minimum atomic E-state index is -5.07. The number of halogens is 5. The van der Waals surface area contributed by atoms with E-state index in [0.717, 1.165) is 42.0 Å². The van der Waals surface area contributed by atoms with Crippen molar-refractivity contribution in [2.45, 2.75) is 24.6 Å². The van der Waals surface area contributed by atoms with Crippen molar-refractivity contribution >= 4 is 23.2 Å². The molecule has 0 aliphatic carbocycles. The fourth-order valence-corrected chi connectivity index (χ4v) is 3.09. The number of rotatable bonds is 3. The van der Waals surface area contributed by atoms with Gasteiger partial charge in [0.1, 0.15) is 10.8 Å². The molecule has 0 aliphatic rings. The molecule has 1 heterocycles. The minimum absolute atomic E-state index is 0.0989. The van der Waals surface area contributed by atoms with Crippen LogP contribution in [0.2, 0.25) is 10.0 Å². The van der Waals surface area contributed by atoms with Crippen LogP contribution in [0.4, 0.5) is 13.2 Å². The summed E-state index contributed by atoms with van der Waals surface area (Å²) in [7, 11) is 1.28. The maximum atomic E-state index is 13.8. The van der Waals surface area contributed by atoms with Crippen molar-refractivity contribution in [3.8, 4) is 5.75 Å². The van der Waals surface area contributed by atoms with Crippen LogP contribution in [-0.4, -0.2) is 21.0 Å². The van der Waals surface area contributed by atoms with Crippen molar-refractivity contribution < 1.29 is 23.4 Å². The zero-order valence-corrected chi connectivity index (χ0v) is 14.6. The smallest absolute Gasteiger partial charge is 0.422 e. The van der Waals surface area contributed by atoms with E-state index < -0.39 is 28.8 Å². The lowest BCUT2D eigenvalue weighted by molar-refractivity contribution is -0.274. The Balaban J connectivity index is 2.71. The lowest BCUT2D eigenvalue weighted by atomic mass is 9.78. The number of phenols is 1. The van der Waals surface area contributed by atoms with E-state index in [0.29, 0.717) is 0 Å². The van der Waals surface area contributed by atoms with Crippen molar-refractivity contribution in [1.29, 1.82) is 0 Å². The first-order chi connectivity index (χ1) is 11.4. The monoisotopic (exact) mass is 395 g/mol. The van der Waals surface area contributed by atoms with Crippen LogP contribution in [0, 0.1) is 0 Å². The number of aromatic nitrogens is 1. The van der Waals surface area contributed by atoms with Crippen molar-refractivity contribution in [2.24, 2.45) is 7.05 Å². The molecule has 0 aliphatic heterocycles. The fraction of sp³-hybridized carbons (Fsp3) is 0.312. The van der Waals surface area contributed by atoms with E-state index in [4.69, 9.17) is 23.2 Å². The molecule has 2 N–H and O–H groups in total. The number of nitrogens with zero attached hydrogens (tertiary/aromatic N) is 1. The third kappa shape index (κ3) is 3.23. The van der Waals surface area contributed by atoms with Gasteiger partial charge in [0.25, 0.3) is 0 Å². The summed E-state index contributed by atoms with van der Waals surface area (Å²) in [5.41, 5.74) is -4.47. The number of benzene rings is 1. The molecule has 0 saturated heterocycles. The number of phenolic OH excluding ortho intramolecular Hbond substituents is 1. The van der Waals surface area contributed by atoms with Crippen molar-refractivity contribution in [3.63, 3.8) is 0 Å². The summed E-state index contributed by atoms with van der Waals surface area (Å²) in [6.45, 7) is 1.13. The first-order valence-electron chi connectivity index (χ1n) is 7.04. The van der Waals surface area contributed by atoms with Gasteiger partial charge in [-0.05, 0) is 17.7 Å². The summed E-state index contributed by atoms with van der Waals surface area (Å²) in [5.74, 6) is -1.96. The number of aryl methyl sites for hydroxylation is 1. The van der Waals surface area contributed by atoms with Crippen LogP contribution in [0.15, 0.2) is 35.3 Å². The quantitative estimate of drug-likeness (QED) is 0.826. The average molecular weight is 396 g/mol. The van der Waals surface area contributed by atoms with Gasteiger partial charge in [-0.2, -0.15) is 13.2 Å². The van der Waals surface area contributed by atoms with E-state index in [1.807, 2.05) is 0 Å². The second-order valence-electron chi connectivity index (χ2n) is 5.65. The topological polar surface area (TPSA) is 62.5 Å². The van der Waals surface area contributed by atoms with E-state index >= 15 is 0 Å². The predicted molar refractivity (Wildman–Crippen MR) is 88.2 cm³/mol.